The molecule has 0 aliphatic rings. The van der Waals surface area contributed by atoms with Gasteiger partial charge in [0.15, 0.2) is 0 Å². The van der Waals surface area contributed by atoms with Crippen molar-refractivity contribution in [2.75, 3.05) is 20.6 Å². The van der Waals surface area contributed by atoms with Gasteiger partial charge < -0.3 is 15.5 Å². The topological polar surface area (TPSA) is 61.4 Å². The molecule has 0 heterocycles. The predicted octanol–water partition coefficient (Wildman–Crippen LogP) is 1.76. The van der Waals surface area contributed by atoms with Gasteiger partial charge in [-0.1, -0.05) is 30.9 Å². The molecule has 0 aromatic rings. The third-order valence-electron chi connectivity index (χ3n) is 2.64. The number of hydrogen-bond acceptors (Lipinski definition) is 3. The van der Waals surface area contributed by atoms with E-state index in [0.717, 1.165) is 5.57 Å². The summed E-state index contributed by atoms with van der Waals surface area (Å²) in [7, 11) is 3.87. The summed E-state index contributed by atoms with van der Waals surface area (Å²) in [6, 6.07) is -0.0302. The first kappa shape index (κ1) is 19.9. The van der Waals surface area contributed by atoms with E-state index in [-0.39, 0.29) is 23.6 Å². The van der Waals surface area contributed by atoms with Gasteiger partial charge >= 0.3 is 0 Å². The zero-order valence-electron chi connectivity index (χ0n) is 14.1. The zero-order chi connectivity index (χ0) is 17.1. The van der Waals surface area contributed by atoms with Crippen molar-refractivity contribution in [3.8, 4) is 0 Å². The Bertz CT molecular complexity index is 488. The van der Waals surface area contributed by atoms with E-state index in [0.29, 0.717) is 6.54 Å². The van der Waals surface area contributed by atoms with Crippen molar-refractivity contribution in [3.05, 3.63) is 48.2 Å². The summed E-state index contributed by atoms with van der Waals surface area (Å²) in [6.07, 6.45) is 8.71. The Morgan fingerprint density at radius 1 is 1.32 bits per heavy atom. The lowest BCUT2D eigenvalue weighted by atomic mass is 10.1. The first-order chi connectivity index (χ1) is 10.3. The van der Waals surface area contributed by atoms with Crippen molar-refractivity contribution < 1.29 is 9.59 Å². The highest BCUT2D eigenvalue weighted by molar-refractivity contribution is 5.97. The minimum Gasteiger partial charge on any atom is -0.347 e. The molecular formula is C17H27N3O2. The van der Waals surface area contributed by atoms with Gasteiger partial charge in [0.25, 0.3) is 5.91 Å². The summed E-state index contributed by atoms with van der Waals surface area (Å²) in [4.78, 5) is 25.6. The second-order valence-corrected chi connectivity index (χ2v) is 5.26. The summed E-state index contributed by atoms with van der Waals surface area (Å²) < 4.78 is 0. The van der Waals surface area contributed by atoms with Gasteiger partial charge in [-0.2, -0.15) is 0 Å². The molecule has 0 saturated heterocycles. The first-order valence-electron chi connectivity index (χ1n) is 7.20. The molecule has 0 radical (unpaired) electrons. The van der Waals surface area contributed by atoms with Gasteiger partial charge in [-0.25, -0.2) is 0 Å². The molecule has 2 amide bonds. The van der Waals surface area contributed by atoms with Gasteiger partial charge in [-0.3, -0.25) is 9.59 Å². The van der Waals surface area contributed by atoms with Crippen LogP contribution in [-0.2, 0) is 9.59 Å². The van der Waals surface area contributed by atoms with E-state index in [1.54, 1.807) is 18.2 Å². The minimum atomic E-state index is -0.309. The molecule has 0 saturated carbocycles. The molecule has 0 aliphatic carbocycles. The highest BCUT2D eigenvalue weighted by Gasteiger charge is 2.14. The first-order valence-corrected chi connectivity index (χ1v) is 7.20. The number of hydrogen-bond donors (Lipinski definition) is 2. The van der Waals surface area contributed by atoms with E-state index < -0.39 is 0 Å². The van der Waals surface area contributed by atoms with Crippen LogP contribution in [0.1, 0.15) is 20.8 Å². The number of rotatable bonds is 8. The Hall–Kier alpha value is -2.14. The number of carbonyl (C=O) groups is 2. The lowest BCUT2D eigenvalue weighted by molar-refractivity contribution is -0.122. The maximum absolute atomic E-state index is 12.3. The maximum atomic E-state index is 12.3. The fourth-order valence-electron chi connectivity index (χ4n) is 1.82. The quantitative estimate of drug-likeness (QED) is 0.530. The van der Waals surface area contributed by atoms with E-state index in [2.05, 4.69) is 17.2 Å². The molecule has 0 aliphatic heterocycles. The average Bonchev–Trinajstić information content (AvgIpc) is 2.40. The SMILES string of the molecule is C=C\C=C/C(/C=C(\NC(C)=O)C(=O)NC(C)CN(C)C)=C\C. The predicted molar refractivity (Wildman–Crippen MR) is 91.2 cm³/mol. The molecule has 2 N–H and O–H groups in total. The maximum Gasteiger partial charge on any atom is 0.268 e. The molecular weight excluding hydrogens is 278 g/mol. The van der Waals surface area contributed by atoms with E-state index in [9.17, 15) is 9.59 Å². The molecule has 0 aromatic heterocycles. The van der Waals surface area contributed by atoms with Gasteiger partial charge in [0.1, 0.15) is 5.70 Å². The Morgan fingerprint density at radius 3 is 2.41 bits per heavy atom. The molecule has 0 aromatic carbocycles. The van der Waals surface area contributed by atoms with Crippen molar-refractivity contribution in [1.29, 1.82) is 0 Å². The summed E-state index contributed by atoms with van der Waals surface area (Å²) in [5.41, 5.74) is 1.03. The fourth-order valence-corrected chi connectivity index (χ4v) is 1.82. The highest BCUT2D eigenvalue weighted by Crippen LogP contribution is 2.04. The molecule has 22 heavy (non-hydrogen) atoms. The van der Waals surface area contributed by atoms with Crippen LogP contribution in [0.15, 0.2) is 48.2 Å². The molecule has 122 valence electrons. The van der Waals surface area contributed by atoms with Gasteiger partial charge in [-0.05, 0) is 39.6 Å². The summed E-state index contributed by atoms with van der Waals surface area (Å²) in [5, 5.41) is 5.44. The van der Waals surface area contributed by atoms with Crippen LogP contribution in [0, 0.1) is 0 Å². The smallest absolute Gasteiger partial charge is 0.268 e. The number of allylic oxidation sites excluding steroid dienone is 6. The second-order valence-electron chi connectivity index (χ2n) is 5.26. The van der Waals surface area contributed by atoms with Gasteiger partial charge in [0, 0.05) is 19.5 Å². The molecule has 5 heteroatoms. The second kappa shape index (κ2) is 10.6. The monoisotopic (exact) mass is 305 g/mol. The number of carbonyl (C=O) groups excluding carboxylic acids is 2. The van der Waals surface area contributed by atoms with Gasteiger partial charge in [0.2, 0.25) is 5.91 Å². The molecule has 0 bridgehead atoms. The van der Waals surface area contributed by atoms with Crippen molar-refractivity contribution in [3.63, 3.8) is 0 Å². The Kier molecular flexibility index (Phi) is 9.54. The third-order valence-corrected chi connectivity index (χ3v) is 2.64. The Balaban J connectivity index is 5.18. The van der Waals surface area contributed by atoms with Gasteiger partial charge in [0.05, 0.1) is 0 Å². The van der Waals surface area contributed by atoms with Crippen LogP contribution in [-0.4, -0.2) is 43.4 Å². The van der Waals surface area contributed by atoms with Crippen molar-refractivity contribution in [1.82, 2.24) is 15.5 Å². The van der Waals surface area contributed by atoms with Crippen LogP contribution in [0.2, 0.25) is 0 Å². The van der Waals surface area contributed by atoms with Crippen molar-refractivity contribution >= 4 is 11.8 Å². The van der Waals surface area contributed by atoms with Crippen LogP contribution < -0.4 is 10.6 Å². The normalized spacial score (nSPS) is 14.1. The standard InChI is InChI=1S/C17H27N3O2/c1-7-9-10-15(8-2)11-16(19-14(4)21)17(22)18-13(3)12-20(5)6/h7-11,13H,1,12H2,2-6H3,(H,18,22)(H,19,21)/b10-9-,15-8+,16-11-. The van der Waals surface area contributed by atoms with Gasteiger partial charge in [-0.15, -0.1) is 0 Å². The molecule has 0 rings (SSSR count). The average molecular weight is 305 g/mol. The number of likely N-dealkylation sites (N-methyl/N-ethyl adjacent to an activating group) is 1. The van der Waals surface area contributed by atoms with Crippen LogP contribution in [0.4, 0.5) is 0 Å². The van der Waals surface area contributed by atoms with E-state index in [4.69, 9.17) is 0 Å². The van der Waals surface area contributed by atoms with Crippen LogP contribution in [0.5, 0.6) is 0 Å². The van der Waals surface area contributed by atoms with Crippen molar-refractivity contribution in [2.24, 2.45) is 0 Å². The molecule has 1 atom stereocenters. The molecule has 0 spiro atoms. The molecule has 5 nitrogen and oxygen atoms in total. The summed E-state index contributed by atoms with van der Waals surface area (Å²) >= 11 is 0. The number of amides is 2. The lowest BCUT2D eigenvalue weighted by Gasteiger charge is -2.19. The minimum absolute atomic E-state index is 0.0302. The lowest BCUT2D eigenvalue weighted by Crippen LogP contribution is -2.43. The number of nitrogens with one attached hydrogen (secondary N) is 2. The Morgan fingerprint density at radius 2 is 1.95 bits per heavy atom. The third kappa shape index (κ3) is 8.92. The summed E-state index contributed by atoms with van der Waals surface area (Å²) in [5.74, 6) is -0.597. The highest BCUT2D eigenvalue weighted by atomic mass is 16.2. The molecule has 1 unspecified atom stereocenters. The van der Waals surface area contributed by atoms with Crippen LogP contribution in [0.3, 0.4) is 0 Å². The Labute approximate surface area is 133 Å². The van der Waals surface area contributed by atoms with Crippen LogP contribution >= 0.6 is 0 Å². The molecule has 0 fully saturated rings. The van der Waals surface area contributed by atoms with Crippen LogP contribution in [0.25, 0.3) is 0 Å². The zero-order valence-corrected chi connectivity index (χ0v) is 14.1. The summed E-state index contributed by atoms with van der Waals surface area (Å²) in [6.45, 7) is 9.47. The van der Waals surface area contributed by atoms with E-state index in [1.807, 2.05) is 45.0 Å². The fraction of sp³-hybridized carbons (Fsp3) is 0.412. The van der Waals surface area contributed by atoms with E-state index >= 15 is 0 Å². The van der Waals surface area contributed by atoms with Crippen molar-refractivity contribution in [2.45, 2.75) is 26.8 Å². The number of nitrogens with zero attached hydrogens (tertiary/aromatic N) is 1. The largest absolute Gasteiger partial charge is 0.347 e. The van der Waals surface area contributed by atoms with E-state index in [1.165, 1.54) is 6.92 Å².